The number of sulfonamides is 1. The first-order chi connectivity index (χ1) is 15.4. The molecule has 32 heavy (non-hydrogen) atoms. The van der Waals surface area contributed by atoms with Gasteiger partial charge in [-0.2, -0.15) is 0 Å². The number of halogens is 1. The minimum absolute atomic E-state index is 0.153. The zero-order valence-electron chi connectivity index (χ0n) is 17.0. The lowest BCUT2D eigenvalue weighted by atomic mass is 10.1. The Balaban J connectivity index is 1.26. The second-order valence-electron chi connectivity index (χ2n) is 7.91. The van der Waals surface area contributed by atoms with Gasteiger partial charge in [0.05, 0.1) is 11.4 Å². The largest absolute Gasteiger partial charge is 0.449 e. The molecular weight excluding hydrogens is 452 g/mol. The van der Waals surface area contributed by atoms with Gasteiger partial charge in [-0.05, 0) is 49.2 Å². The van der Waals surface area contributed by atoms with Gasteiger partial charge in [-0.15, -0.1) is 0 Å². The molecule has 0 saturated carbocycles. The molecule has 3 heterocycles. The number of rotatable bonds is 5. The highest BCUT2D eigenvalue weighted by molar-refractivity contribution is 7.89. The summed E-state index contributed by atoms with van der Waals surface area (Å²) in [5.74, 6) is 0.564. The molecule has 10 heteroatoms. The first-order valence-electron chi connectivity index (χ1n) is 10.3. The van der Waals surface area contributed by atoms with Crippen molar-refractivity contribution in [2.24, 2.45) is 0 Å². The zero-order chi connectivity index (χ0) is 22.3. The van der Waals surface area contributed by atoms with E-state index in [4.69, 9.17) is 16.0 Å². The fraction of sp³-hybridized carbons (Fsp3) is 0.273. The van der Waals surface area contributed by atoms with E-state index in [1.54, 1.807) is 12.1 Å². The predicted molar refractivity (Wildman–Crippen MR) is 122 cm³/mol. The van der Waals surface area contributed by atoms with E-state index in [2.05, 4.69) is 19.6 Å². The Labute approximate surface area is 189 Å². The molecule has 0 amide bonds. The summed E-state index contributed by atoms with van der Waals surface area (Å²) in [5.41, 5.74) is 1.12. The molecule has 8 nitrogen and oxygen atoms in total. The molecule has 2 aromatic carbocycles. The molecule has 1 aliphatic rings. The van der Waals surface area contributed by atoms with E-state index in [9.17, 15) is 13.2 Å². The summed E-state index contributed by atoms with van der Waals surface area (Å²) < 4.78 is 33.6. The van der Waals surface area contributed by atoms with Crippen LogP contribution in [0.3, 0.4) is 0 Å². The van der Waals surface area contributed by atoms with Gasteiger partial charge < -0.3 is 9.40 Å². The summed E-state index contributed by atoms with van der Waals surface area (Å²) in [6, 6.07) is 13.4. The molecule has 0 radical (unpaired) electrons. The molecule has 0 atom stereocenters. The Morgan fingerprint density at radius 2 is 1.84 bits per heavy atom. The third-order valence-corrected chi connectivity index (χ3v) is 7.48. The Hall–Kier alpha value is -2.72. The maximum absolute atomic E-state index is 12.6. The Morgan fingerprint density at radius 3 is 2.59 bits per heavy atom. The second-order valence-corrected chi connectivity index (χ2v) is 10.1. The number of nitrogens with one attached hydrogen (secondary N) is 2. The number of fused-ring (bicyclic) bond motifs is 3. The van der Waals surface area contributed by atoms with Crippen molar-refractivity contribution < 1.29 is 12.8 Å². The van der Waals surface area contributed by atoms with Crippen molar-refractivity contribution >= 4 is 43.7 Å². The Bertz CT molecular complexity index is 1440. The highest BCUT2D eigenvalue weighted by Crippen LogP contribution is 2.25. The summed E-state index contributed by atoms with van der Waals surface area (Å²) in [5, 5.41) is 1.30. The zero-order valence-corrected chi connectivity index (χ0v) is 18.6. The third kappa shape index (κ3) is 4.16. The van der Waals surface area contributed by atoms with Gasteiger partial charge in [0.25, 0.3) is 5.56 Å². The smallest absolute Gasteiger partial charge is 0.294 e. The monoisotopic (exact) mass is 472 g/mol. The summed E-state index contributed by atoms with van der Waals surface area (Å²) in [6.07, 6.45) is 1.32. The van der Waals surface area contributed by atoms with Crippen LogP contribution in [0.1, 0.15) is 18.7 Å². The van der Waals surface area contributed by atoms with Crippen LogP contribution in [0.2, 0.25) is 5.02 Å². The second kappa shape index (κ2) is 8.32. The van der Waals surface area contributed by atoms with Crippen LogP contribution in [0.4, 0.5) is 0 Å². The molecule has 2 aromatic heterocycles. The Kier molecular flexibility index (Phi) is 5.50. The number of furan rings is 1. The molecule has 1 saturated heterocycles. The maximum atomic E-state index is 12.6. The molecule has 1 aliphatic heterocycles. The standard InChI is InChI=1S/C22H21ClN4O4S/c23-14-5-7-16(8-6-14)32(29,30)26-15-9-11-27(12-10-15)13-19-24-20-17-3-1-2-4-18(17)31-21(20)22(28)25-19/h1-8,15,26H,9-13H2,(H,24,25,28). The average molecular weight is 473 g/mol. The van der Waals surface area contributed by atoms with Crippen molar-refractivity contribution in [3.63, 3.8) is 0 Å². The maximum Gasteiger partial charge on any atom is 0.294 e. The van der Waals surface area contributed by atoms with Crippen LogP contribution in [-0.2, 0) is 16.6 Å². The van der Waals surface area contributed by atoms with Gasteiger partial charge in [0.1, 0.15) is 16.9 Å². The average Bonchev–Trinajstić information content (AvgIpc) is 3.15. The number of hydrogen-bond acceptors (Lipinski definition) is 6. The van der Waals surface area contributed by atoms with E-state index in [1.165, 1.54) is 12.1 Å². The van der Waals surface area contributed by atoms with Crippen LogP contribution in [0.15, 0.2) is 62.6 Å². The van der Waals surface area contributed by atoms with Gasteiger partial charge in [-0.3, -0.25) is 9.69 Å². The molecule has 5 rings (SSSR count). The van der Waals surface area contributed by atoms with Crippen LogP contribution < -0.4 is 10.3 Å². The number of benzene rings is 2. The van der Waals surface area contributed by atoms with Crippen LogP contribution in [0, 0.1) is 0 Å². The van der Waals surface area contributed by atoms with Gasteiger partial charge in [0.15, 0.2) is 0 Å². The van der Waals surface area contributed by atoms with Gasteiger partial charge in [0.2, 0.25) is 15.6 Å². The van der Waals surface area contributed by atoms with E-state index in [0.717, 1.165) is 5.39 Å². The normalized spacial score (nSPS) is 16.2. The minimum atomic E-state index is -3.59. The van der Waals surface area contributed by atoms with Crippen LogP contribution in [0.5, 0.6) is 0 Å². The molecule has 4 aromatic rings. The first-order valence-corrected chi connectivity index (χ1v) is 12.2. The van der Waals surface area contributed by atoms with Crippen molar-refractivity contribution in [1.29, 1.82) is 0 Å². The highest BCUT2D eigenvalue weighted by Gasteiger charge is 2.25. The van der Waals surface area contributed by atoms with Gasteiger partial charge in [-0.1, -0.05) is 23.7 Å². The van der Waals surface area contributed by atoms with E-state index in [-0.39, 0.29) is 22.1 Å². The van der Waals surface area contributed by atoms with E-state index in [0.29, 0.717) is 54.4 Å². The van der Waals surface area contributed by atoms with Crippen molar-refractivity contribution in [1.82, 2.24) is 19.6 Å². The molecule has 0 spiro atoms. The number of para-hydroxylation sites is 1. The first kappa shape index (κ1) is 21.1. The fourth-order valence-electron chi connectivity index (χ4n) is 4.04. The Morgan fingerprint density at radius 1 is 1.12 bits per heavy atom. The lowest BCUT2D eigenvalue weighted by Crippen LogP contribution is -2.44. The van der Waals surface area contributed by atoms with Crippen molar-refractivity contribution in [3.05, 3.63) is 69.7 Å². The number of H-pyrrole nitrogens is 1. The number of aromatic amines is 1. The van der Waals surface area contributed by atoms with E-state index < -0.39 is 10.0 Å². The number of hydrogen-bond donors (Lipinski definition) is 2. The SMILES string of the molecule is O=c1[nH]c(CN2CCC(NS(=O)(=O)c3ccc(Cl)cc3)CC2)nc2c1oc1ccccc12. The van der Waals surface area contributed by atoms with Crippen molar-refractivity contribution in [2.45, 2.75) is 30.3 Å². The van der Waals surface area contributed by atoms with Crippen molar-refractivity contribution in [2.75, 3.05) is 13.1 Å². The minimum Gasteiger partial charge on any atom is -0.449 e. The highest BCUT2D eigenvalue weighted by atomic mass is 35.5. The number of aromatic nitrogens is 2. The molecule has 0 bridgehead atoms. The quantitative estimate of drug-likeness (QED) is 0.461. The van der Waals surface area contributed by atoms with Crippen LogP contribution >= 0.6 is 11.6 Å². The third-order valence-electron chi connectivity index (χ3n) is 5.69. The molecule has 2 N–H and O–H groups in total. The molecular formula is C22H21ClN4O4S. The molecule has 1 fully saturated rings. The summed E-state index contributed by atoms with van der Waals surface area (Å²) in [6.45, 7) is 1.84. The molecule has 166 valence electrons. The van der Waals surface area contributed by atoms with Crippen LogP contribution in [0.25, 0.3) is 22.1 Å². The molecule has 0 aliphatic carbocycles. The summed E-state index contributed by atoms with van der Waals surface area (Å²) in [4.78, 5) is 22.3. The predicted octanol–water partition coefficient (Wildman–Crippen LogP) is 3.27. The van der Waals surface area contributed by atoms with Crippen LogP contribution in [-0.4, -0.2) is 42.4 Å². The van der Waals surface area contributed by atoms with Gasteiger partial charge in [0, 0.05) is 29.5 Å². The summed E-state index contributed by atoms with van der Waals surface area (Å²) >= 11 is 5.85. The van der Waals surface area contributed by atoms with E-state index >= 15 is 0 Å². The number of nitrogens with zero attached hydrogens (tertiary/aromatic N) is 2. The van der Waals surface area contributed by atoms with E-state index in [1.807, 2.05) is 24.3 Å². The number of piperidine rings is 1. The summed E-state index contributed by atoms with van der Waals surface area (Å²) in [7, 11) is -3.59. The van der Waals surface area contributed by atoms with Gasteiger partial charge in [-0.25, -0.2) is 18.1 Å². The topological polar surface area (TPSA) is 108 Å². The van der Waals surface area contributed by atoms with Gasteiger partial charge >= 0.3 is 0 Å². The lowest BCUT2D eigenvalue weighted by Gasteiger charge is -2.31. The van der Waals surface area contributed by atoms with Crippen molar-refractivity contribution in [3.8, 4) is 0 Å². The fourth-order valence-corrected chi connectivity index (χ4v) is 5.48. The number of likely N-dealkylation sites (tertiary alicyclic amines) is 1. The molecule has 0 unspecified atom stereocenters. The lowest BCUT2D eigenvalue weighted by molar-refractivity contribution is 0.195.